The van der Waals surface area contributed by atoms with Crippen LogP contribution in [0.25, 0.3) is 11.2 Å². The second kappa shape index (κ2) is 6.65. The third kappa shape index (κ3) is 3.26. The lowest BCUT2D eigenvalue weighted by Crippen LogP contribution is -2.20. The van der Waals surface area contributed by atoms with Crippen molar-refractivity contribution in [3.05, 3.63) is 30.9 Å². The highest BCUT2D eigenvalue weighted by Gasteiger charge is 2.17. The Hall–Kier alpha value is -2.72. The first-order valence-electron chi connectivity index (χ1n) is 7.66. The van der Waals surface area contributed by atoms with E-state index < -0.39 is 10.0 Å². The number of benzene rings is 1. The van der Waals surface area contributed by atoms with Gasteiger partial charge >= 0.3 is 0 Å². The van der Waals surface area contributed by atoms with Crippen LogP contribution in [0.2, 0.25) is 0 Å². The van der Waals surface area contributed by atoms with E-state index in [0.29, 0.717) is 22.7 Å². The van der Waals surface area contributed by atoms with E-state index in [1.165, 1.54) is 19.7 Å². The van der Waals surface area contributed by atoms with Gasteiger partial charge in [-0.2, -0.15) is 0 Å². The highest BCUT2D eigenvalue weighted by molar-refractivity contribution is 7.89. The van der Waals surface area contributed by atoms with Crippen LogP contribution in [0, 0.1) is 0 Å². The number of hydrogen-bond acceptors (Lipinski definition) is 7. The molecule has 0 aliphatic rings. The highest BCUT2D eigenvalue weighted by Crippen LogP contribution is 2.31. The zero-order valence-corrected chi connectivity index (χ0v) is 14.9. The number of H-pyrrole nitrogens is 1. The molecule has 9 nitrogen and oxygen atoms in total. The Bertz CT molecular complexity index is 1000. The lowest BCUT2D eigenvalue weighted by Gasteiger charge is -2.22. The Morgan fingerprint density at radius 1 is 1.24 bits per heavy atom. The van der Waals surface area contributed by atoms with Gasteiger partial charge in [0.1, 0.15) is 11.8 Å². The van der Waals surface area contributed by atoms with E-state index in [9.17, 15) is 8.42 Å². The van der Waals surface area contributed by atoms with Gasteiger partial charge in [-0.3, -0.25) is 0 Å². The van der Waals surface area contributed by atoms with Crippen molar-refractivity contribution in [2.24, 2.45) is 0 Å². The van der Waals surface area contributed by atoms with Gasteiger partial charge in [-0.1, -0.05) is 0 Å². The van der Waals surface area contributed by atoms with E-state index >= 15 is 0 Å². The van der Waals surface area contributed by atoms with Crippen molar-refractivity contribution >= 4 is 38.4 Å². The van der Waals surface area contributed by atoms with E-state index in [2.05, 4.69) is 30.0 Å². The minimum atomic E-state index is -3.56. The molecule has 0 radical (unpaired) electrons. The molecule has 1 aromatic carbocycles. The van der Waals surface area contributed by atoms with Gasteiger partial charge in [-0.05, 0) is 32.2 Å². The van der Waals surface area contributed by atoms with Crippen LogP contribution in [-0.2, 0) is 10.0 Å². The van der Waals surface area contributed by atoms with Crippen LogP contribution in [0.15, 0.2) is 35.7 Å². The Morgan fingerprint density at radius 2 is 2.04 bits per heavy atom. The van der Waals surface area contributed by atoms with E-state index in [0.717, 1.165) is 12.2 Å². The van der Waals surface area contributed by atoms with Crippen LogP contribution < -0.4 is 14.9 Å². The number of nitrogens with zero attached hydrogens (tertiary/aromatic N) is 4. The molecule has 0 saturated heterocycles. The predicted molar refractivity (Wildman–Crippen MR) is 96.6 cm³/mol. The number of imidazole rings is 1. The van der Waals surface area contributed by atoms with E-state index in [1.807, 2.05) is 18.9 Å². The fourth-order valence-electron chi connectivity index (χ4n) is 2.39. The number of rotatable bonds is 6. The van der Waals surface area contributed by atoms with E-state index in [-0.39, 0.29) is 4.90 Å². The van der Waals surface area contributed by atoms with Crippen LogP contribution in [0.1, 0.15) is 6.92 Å². The summed E-state index contributed by atoms with van der Waals surface area (Å²) < 4.78 is 26.6. The summed E-state index contributed by atoms with van der Waals surface area (Å²) in [5, 5.41) is 3.20. The summed E-state index contributed by atoms with van der Waals surface area (Å²) in [6, 6.07) is 4.92. The van der Waals surface area contributed by atoms with Crippen LogP contribution in [0.3, 0.4) is 0 Å². The molecule has 3 rings (SSSR count). The normalized spacial score (nSPS) is 11.6. The first-order valence-corrected chi connectivity index (χ1v) is 9.14. The number of anilines is 3. The van der Waals surface area contributed by atoms with Gasteiger partial charge < -0.3 is 15.2 Å². The summed E-state index contributed by atoms with van der Waals surface area (Å²) >= 11 is 0. The smallest absolute Gasteiger partial charge is 0.240 e. The largest absolute Gasteiger partial charge is 0.373 e. The highest BCUT2D eigenvalue weighted by atomic mass is 32.2. The maximum Gasteiger partial charge on any atom is 0.240 e. The van der Waals surface area contributed by atoms with E-state index in [1.54, 1.807) is 18.2 Å². The molecule has 0 bridgehead atoms. The van der Waals surface area contributed by atoms with Crippen LogP contribution in [0.5, 0.6) is 0 Å². The number of nitrogens with one attached hydrogen (secondary N) is 3. The monoisotopic (exact) mass is 361 g/mol. The molecule has 0 saturated carbocycles. The fraction of sp³-hybridized carbons (Fsp3) is 0.267. The minimum absolute atomic E-state index is 0.167. The standard InChI is InChI=1S/C15H19N7O2S/c1-4-22(3)12-6-5-10(25(23,24)16-2)7-11(12)21-15-13-14(18-8-17-13)19-9-20-15/h5-9,16H,4H2,1-3H3,(H2,17,18,19,20,21). The summed E-state index contributed by atoms with van der Waals surface area (Å²) in [7, 11) is -0.244. The minimum Gasteiger partial charge on any atom is -0.373 e. The molecule has 2 aromatic heterocycles. The molecule has 0 aliphatic heterocycles. The lowest BCUT2D eigenvalue weighted by atomic mass is 10.2. The molecule has 3 aromatic rings. The molecule has 25 heavy (non-hydrogen) atoms. The van der Waals surface area contributed by atoms with Gasteiger partial charge in [-0.15, -0.1) is 0 Å². The van der Waals surface area contributed by atoms with Crippen molar-refractivity contribution < 1.29 is 8.42 Å². The quantitative estimate of drug-likeness (QED) is 0.608. The van der Waals surface area contributed by atoms with Crippen molar-refractivity contribution in [1.82, 2.24) is 24.7 Å². The van der Waals surface area contributed by atoms with Crippen LogP contribution in [0.4, 0.5) is 17.2 Å². The lowest BCUT2D eigenvalue weighted by molar-refractivity contribution is 0.588. The molecule has 132 valence electrons. The topological polar surface area (TPSA) is 116 Å². The molecule has 2 heterocycles. The molecule has 0 spiro atoms. The molecule has 0 aliphatic carbocycles. The van der Waals surface area contributed by atoms with Crippen molar-refractivity contribution in [3.63, 3.8) is 0 Å². The average Bonchev–Trinajstić information content (AvgIpc) is 3.11. The Balaban J connectivity index is 2.11. The zero-order valence-electron chi connectivity index (χ0n) is 14.1. The van der Waals surface area contributed by atoms with Gasteiger partial charge in [0, 0.05) is 13.6 Å². The first-order chi connectivity index (χ1) is 12.0. The Kier molecular flexibility index (Phi) is 4.55. The molecule has 0 amide bonds. The summed E-state index contributed by atoms with van der Waals surface area (Å²) in [5.41, 5.74) is 2.65. The number of aromatic amines is 1. The number of sulfonamides is 1. The summed E-state index contributed by atoms with van der Waals surface area (Å²) in [6.07, 6.45) is 2.94. The van der Waals surface area contributed by atoms with Gasteiger partial charge in [0.25, 0.3) is 0 Å². The second-order valence-electron chi connectivity index (χ2n) is 5.35. The van der Waals surface area contributed by atoms with Gasteiger partial charge in [0.2, 0.25) is 10.0 Å². The molecule has 0 unspecified atom stereocenters. The summed E-state index contributed by atoms with van der Waals surface area (Å²) in [6.45, 7) is 2.77. The number of fused-ring (bicyclic) bond motifs is 1. The van der Waals surface area contributed by atoms with Crippen molar-refractivity contribution in [2.75, 3.05) is 30.9 Å². The van der Waals surface area contributed by atoms with Crippen LogP contribution >= 0.6 is 0 Å². The summed E-state index contributed by atoms with van der Waals surface area (Å²) in [4.78, 5) is 17.6. The van der Waals surface area contributed by atoms with Crippen LogP contribution in [-0.4, -0.2) is 49.0 Å². The first kappa shape index (κ1) is 17.1. The number of aromatic nitrogens is 4. The number of hydrogen-bond donors (Lipinski definition) is 3. The zero-order chi connectivity index (χ0) is 18.0. The SMILES string of the molecule is CCN(C)c1ccc(S(=O)(=O)NC)cc1Nc1ncnc2nc[nH]c12. The molecule has 10 heteroatoms. The maximum absolute atomic E-state index is 12.1. The van der Waals surface area contributed by atoms with Gasteiger partial charge in [-0.25, -0.2) is 28.1 Å². The van der Waals surface area contributed by atoms with Gasteiger partial charge in [0.15, 0.2) is 11.5 Å². The fourth-order valence-corrected chi connectivity index (χ4v) is 3.15. The Labute approximate surface area is 145 Å². The molecule has 0 fully saturated rings. The van der Waals surface area contributed by atoms with E-state index in [4.69, 9.17) is 0 Å². The third-order valence-electron chi connectivity index (χ3n) is 3.91. The molecular formula is C15H19N7O2S. The third-order valence-corrected chi connectivity index (χ3v) is 5.32. The van der Waals surface area contributed by atoms with Crippen molar-refractivity contribution in [3.8, 4) is 0 Å². The predicted octanol–water partition coefficient (Wildman–Crippen LogP) is 1.46. The second-order valence-corrected chi connectivity index (χ2v) is 7.24. The molecular weight excluding hydrogens is 342 g/mol. The van der Waals surface area contributed by atoms with Gasteiger partial charge in [0.05, 0.1) is 22.6 Å². The summed E-state index contributed by atoms with van der Waals surface area (Å²) in [5.74, 6) is 0.521. The molecule has 3 N–H and O–H groups in total. The average molecular weight is 361 g/mol. The van der Waals surface area contributed by atoms with Crippen molar-refractivity contribution in [1.29, 1.82) is 0 Å². The maximum atomic E-state index is 12.1. The Morgan fingerprint density at radius 3 is 2.76 bits per heavy atom. The van der Waals surface area contributed by atoms with Crippen molar-refractivity contribution in [2.45, 2.75) is 11.8 Å². The molecule has 0 atom stereocenters.